The molecule has 0 spiro atoms. The number of ether oxygens (including phenoxy) is 1. The first kappa shape index (κ1) is 18.6. The fourth-order valence-corrected chi connectivity index (χ4v) is 4.37. The Bertz CT molecular complexity index is 940. The van der Waals surface area contributed by atoms with Crippen molar-refractivity contribution in [2.45, 2.75) is 50.5 Å². The number of rotatable bonds is 6. The van der Waals surface area contributed by atoms with E-state index >= 15 is 0 Å². The van der Waals surface area contributed by atoms with Crippen molar-refractivity contribution in [3.8, 4) is 5.75 Å². The highest BCUT2D eigenvalue weighted by molar-refractivity contribution is 5.86. The number of nitrogens with one attached hydrogen (secondary N) is 2. The van der Waals surface area contributed by atoms with Crippen LogP contribution in [0.25, 0.3) is 10.9 Å². The number of hydrogen-bond donors (Lipinski definition) is 2. The Labute approximate surface area is 166 Å². The third kappa shape index (κ3) is 4.06. The molecule has 28 heavy (non-hydrogen) atoms. The first-order chi connectivity index (χ1) is 13.7. The lowest BCUT2D eigenvalue weighted by Gasteiger charge is -2.24. The summed E-state index contributed by atoms with van der Waals surface area (Å²) in [6, 6.07) is 16.7. The molecule has 1 unspecified atom stereocenters. The number of methoxy groups -OCH3 is 1. The van der Waals surface area contributed by atoms with Gasteiger partial charge in [0, 0.05) is 35.5 Å². The summed E-state index contributed by atoms with van der Waals surface area (Å²) in [5.74, 6) is 0.926. The molecule has 146 valence electrons. The molecule has 0 radical (unpaired) electrons. The Kier molecular flexibility index (Phi) is 5.65. The molecular weight excluding hydrogens is 348 g/mol. The Balaban J connectivity index is 1.64. The molecule has 4 rings (SSSR count). The highest BCUT2D eigenvalue weighted by Gasteiger charge is 2.24. The minimum absolute atomic E-state index is 0.0187. The van der Waals surface area contributed by atoms with Gasteiger partial charge >= 0.3 is 0 Å². The Morgan fingerprint density at radius 2 is 1.96 bits per heavy atom. The maximum absolute atomic E-state index is 12.9. The maximum Gasteiger partial charge on any atom is 0.221 e. The lowest BCUT2D eigenvalue weighted by Crippen LogP contribution is -2.36. The van der Waals surface area contributed by atoms with Gasteiger partial charge in [0.05, 0.1) is 7.11 Å². The molecule has 0 saturated heterocycles. The van der Waals surface area contributed by atoms with Crippen LogP contribution >= 0.6 is 0 Å². The van der Waals surface area contributed by atoms with Crippen LogP contribution in [0.5, 0.6) is 5.75 Å². The van der Waals surface area contributed by atoms with Crippen LogP contribution in [0.1, 0.15) is 55.6 Å². The summed E-state index contributed by atoms with van der Waals surface area (Å²) in [5, 5.41) is 4.44. The second-order valence-corrected chi connectivity index (χ2v) is 7.73. The maximum atomic E-state index is 12.9. The molecule has 1 fully saturated rings. The van der Waals surface area contributed by atoms with Crippen molar-refractivity contribution in [3.05, 3.63) is 65.9 Å². The molecule has 1 aliphatic rings. The molecule has 3 aromatic rings. The summed E-state index contributed by atoms with van der Waals surface area (Å²) in [6.45, 7) is 0. The third-order valence-corrected chi connectivity index (χ3v) is 5.85. The highest BCUT2D eigenvalue weighted by Crippen LogP contribution is 2.35. The molecule has 0 bridgehead atoms. The smallest absolute Gasteiger partial charge is 0.221 e. The van der Waals surface area contributed by atoms with Crippen LogP contribution in [-0.4, -0.2) is 24.0 Å². The van der Waals surface area contributed by atoms with Gasteiger partial charge in [0.15, 0.2) is 0 Å². The molecule has 4 heteroatoms. The van der Waals surface area contributed by atoms with Gasteiger partial charge in [0.2, 0.25) is 5.91 Å². The fourth-order valence-electron chi connectivity index (χ4n) is 4.37. The highest BCUT2D eigenvalue weighted by atomic mass is 16.5. The van der Waals surface area contributed by atoms with Crippen molar-refractivity contribution in [3.63, 3.8) is 0 Å². The quantitative estimate of drug-likeness (QED) is 0.625. The number of hydrogen-bond acceptors (Lipinski definition) is 2. The molecule has 2 aromatic carbocycles. The first-order valence-electron chi connectivity index (χ1n) is 10.2. The average molecular weight is 376 g/mol. The van der Waals surface area contributed by atoms with E-state index in [0.29, 0.717) is 12.5 Å². The van der Waals surface area contributed by atoms with Crippen molar-refractivity contribution in [1.82, 2.24) is 10.3 Å². The van der Waals surface area contributed by atoms with Gasteiger partial charge in [-0.15, -0.1) is 0 Å². The minimum Gasteiger partial charge on any atom is -0.497 e. The van der Waals surface area contributed by atoms with Gasteiger partial charge in [0.25, 0.3) is 0 Å². The van der Waals surface area contributed by atoms with E-state index in [4.69, 9.17) is 4.74 Å². The normalized spacial score (nSPS) is 16.0. The summed E-state index contributed by atoms with van der Waals surface area (Å²) in [7, 11) is 1.68. The van der Waals surface area contributed by atoms with Crippen molar-refractivity contribution in [1.29, 1.82) is 0 Å². The molecule has 1 saturated carbocycles. The first-order valence-corrected chi connectivity index (χ1v) is 10.2. The topological polar surface area (TPSA) is 54.1 Å². The Hall–Kier alpha value is -2.75. The Morgan fingerprint density at radius 1 is 1.14 bits per heavy atom. The zero-order valence-corrected chi connectivity index (χ0v) is 16.4. The lowest BCUT2D eigenvalue weighted by atomic mass is 9.87. The zero-order chi connectivity index (χ0) is 19.3. The van der Waals surface area contributed by atoms with Crippen molar-refractivity contribution in [2.75, 3.05) is 7.11 Å². The summed E-state index contributed by atoms with van der Waals surface area (Å²) in [5.41, 5.74) is 3.35. The van der Waals surface area contributed by atoms with E-state index in [1.807, 2.05) is 36.5 Å². The van der Waals surface area contributed by atoms with Crippen molar-refractivity contribution < 1.29 is 9.53 Å². The summed E-state index contributed by atoms with van der Waals surface area (Å²) in [6.07, 6.45) is 8.40. The largest absolute Gasteiger partial charge is 0.497 e. The van der Waals surface area contributed by atoms with E-state index in [0.717, 1.165) is 35.2 Å². The zero-order valence-electron chi connectivity index (χ0n) is 16.4. The van der Waals surface area contributed by atoms with Gasteiger partial charge in [-0.1, -0.05) is 49.6 Å². The van der Waals surface area contributed by atoms with Crippen LogP contribution in [0.3, 0.4) is 0 Å². The second kappa shape index (κ2) is 8.51. The molecule has 0 aliphatic heterocycles. The number of carbonyl (C=O) groups excluding carboxylic acids is 1. The second-order valence-electron chi connectivity index (χ2n) is 7.73. The van der Waals surface area contributed by atoms with Crippen LogP contribution in [0.2, 0.25) is 0 Å². The predicted octanol–water partition coefficient (Wildman–Crippen LogP) is 5.15. The van der Waals surface area contributed by atoms with E-state index in [-0.39, 0.29) is 11.8 Å². The van der Waals surface area contributed by atoms with Gasteiger partial charge < -0.3 is 15.0 Å². The van der Waals surface area contributed by atoms with E-state index in [1.54, 1.807) is 7.11 Å². The van der Waals surface area contributed by atoms with E-state index in [2.05, 4.69) is 28.5 Å². The monoisotopic (exact) mass is 376 g/mol. The van der Waals surface area contributed by atoms with Crippen LogP contribution < -0.4 is 10.1 Å². The van der Waals surface area contributed by atoms with E-state index in [1.165, 1.54) is 24.6 Å². The summed E-state index contributed by atoms with van der Waals surface area (Å²) < 4.78 is 5.43. The van der Waals surface area contributed by atoms with E-state index in [9.17, 15) is 4.79 Å². The summed E-state index contributed by atoms with van der Waals surface area (Å²) in [4.78, 5) is 16.3. The Morgan fingerprint density at radius 3 is 2.79 bits per heavy atom. The fraction of sp³-hybridized carbons (Fsp3) is 0.375. The predicted molar refractivity (Wildman–Crippen MR) is 113 cm³/mol. The van der Waals surface area contributed by atoms with Crippen LogP contribution in [0.15, 0.2) is 54.7 Å². The number of carbonyl (C=O) groups is 1. The third-order valence-electron chi connectivity index (χ3n) is 5.85. The molecule has 2 N–H and O–H groups in total. The number of amides is 1. The van der Waals surface area contributed by atoms with Crippen LogP contribution in [0.4, 0.5) is 0 Å². The number of benzene rings is 2. The van der Waals surface area contributed by atoms with Gasteiger partial charge in [-0.25, -0.2) is 0 Å². The standard InChI is InChI=1S/C24H28N2O2/c1-28-19-11-7-8-17(14-19)21(15-24(27)26-18-9-3-2-4-10-18)22-16-25-23-13-6-5-12-20(22)23/h5-8,11-14,16,18,21,25H,2-4,9-10,15H2,1H3,(H,26,27). The molecule has 1 heterocycles. The van der Waals surface area contributed by atoms with Gasteiger partial charge in [-0.3, -0.25) is 4.79 Å². The molecule has 1 amide bonds. The molecule has 1 aliphatic carbocycles. The van der Waals surface area contributed by atoms with Crippen LogP contribution in [-0.2, 0) is 4.79 Å². The number of aromatic amines is 1. The lowest BCUT2D eigenvalue weighted by molar-refractivity contribution is -0.122. The van der Waals surface area contributed by atoms with Gasteiger partial charge in [-0.05, 0) is 42.2 Å². The molecule has 1 atom stereocenters. The molecule has 1 aromatic heterocycles. The van der Waals surface area contributed by atoms with Crippen molar-refractivity contribution >= 4 is 16.8 Å². The number of para-hydroxylation sites is 1. The van der Waals surface area contributed by atoms with Gasteiger partial charge in [-0.2, -0.15) is 0 Å². The number of fused-ring (bicyclic) bond motifs is 1. The molecular formula is C24H28N2O2. The van der Waals surface area contributed by atoms with Gasteiger partial charge in [0.1, 0.15) is 5.75 Å². The SMILES string of the molecule is COc1cccc(C(CC(=O)NC2CCCCC2)c2c[nH]c3ccccc23)c1. The van der Waals surface area contributed by atoms with E-state index < -0.39 is 0 Å². The minimum atomic E-state index is -0.0187. The molecule has 4 nitrogen and oxygen atoms in total. The van der Waals surface area contributed by atoms with Crippen LogP contribution in [0, 0.1) is 0 Å². The van der Waals surface area contributed by atoms with Crippen molar-refractivity contribution in [2.24, 2.45) is 0 Å². The summed E-state index contributed by atoms with van der Waals surface area (Å²) >= 11 is 0. The number of H-pyrrole nitrogens is 1. The average Bonchev–Trinajstić information content (AvgIpc) is 3.17. The number of aromatic nitrogens is 1.